The zero-order valence-corrected chi connectivity index (χ0v) is 11.2. The molecule has 2 heterocycles. The largest absolute Gasteiger partial charge is 0.325 e. The number of sulfone groups is 1. The minimum Gasteiger partial charge on any atom is -0.325 e. The van der Waals surface area contributed by atoms with Crippen molar-refractivity contribution < 1.29 is 8.42 Å². The van der Waals surface area contributed by atoms with Crippen LogP contribution in [0.25, 0.3) is 0 Å². The summed E-state index contributed by atoms with van der Waals surface area (Å²) in [5.74, 6) is 0.226. The third-order valence-electron chi connectivity index (χ3n) is 3.90. The van der Waals surface area contributed by atoms with Gasteiger partial charge in [-0.1, -0.05) is 0 Å². The van der Waals surface area contributed by atoms with Gasteiger partial charge < -0.3 is 10.3 Å². The second-order valence-corrected chi connectivity index (χ2v) is 7.60. The van der Waals surface area contributed by atoms with Crippen molar-refractivity contribution in [2.24, 2.45) is 5.73 Å². The standard InChI is InChI=1S/C12H19N3O2S/c13-12(5-6-12)4-3-10-9-15-7-1-2-8-18(16,17)11(15)14-10/h9H,1-8,13H2. The van der Waals surface area contributed by atoms with Crippen LogP contribution >= 0.6 is 0 Å². The molecule has 0 amide bonds. The van der Waals surface area contributed by atoms with Crippen LogP contribution in [0.5, 0.6) is 0 Å². The van der Waals surface area contributed by atoms with Crippen molar-refractivity contribution >= 4 is 9.84 Å². The summed E-state index contributed by atoms with van der Waals surface area (Å²) in [6.07, 6.45) is 7.38. The van der Waals surface area contributed by atoms with Crippen LogP contribution in [0, 0.1) is 0 Å². The van der Waals surface area contributed by atoms with E-state index in [0.717, 1.165) is 50.8 Å². The normalized spacial score (nSPS) is 24.3. The first-order valence-electron chi connectivity index (χ1n) is 6.56. The minimum absolute atomic E-state index is 0.000113. The first kappa shape index (κ1) is 12.2. The molecule has 5 nitrogen and oxygen atoms in total. The van der Waals surface area contributed by atoms with E-state index < -0.39 is 9.84 Å². The summed E-state index contributed by atoms with van der Waals surface area (Å²) in [7, 11) is -3.18. The molecule has 2 N–H and O–H groups in total. The van der Waals surface area contributed by atoms with Gasteiger partial charge in [-0.15, -0.1) is 0 Å². The van der Waals surface area contributed by atoms with E-state index in [-0.39, 0.29) is 16.4 Å². The van der Waals surface area contributed by atoms with Gasteiger partial charge in [0.05, 0.1) is 11.4 Å². The lowest BCUT2D eigenvalue weighted by Crippen LogP contribution is -2.22. The number of rotatable bonds is 3. The average Bonchev–Trinajstić information content (AvgIpc) is 2.92. The van der Waals surface area contributed by atoms with Gasteiger partial charge >= 0.3 is 0 Å². The lowest BCUT2D eigenvalue weighted by atomic mass is 10.1. The Morgan fingerprint density at radius 3 is 2.89 bits per heavy atom. The fourth-order valence-electron chi connectivity index (χ4n) is 2.43. The number of nitrogens with two attached hydrogens (primary N) is 1. The lowest BCUT2D eigenvalue weighted by molar-refractivity contribution is 0.571. The van der Waals surface area contributed by atoms with Gasteiger partial charge in [-0.05, 0) is 38.5 Å². The number of aryl methyl sites for hydroxylation is 2. The molecule has 0 atom stereocenters. The number of imidazole rings is 1. The molecule has 1 aliphatic heterocycles. The van der Waals surface area contributed by atoms with Gasteiger partial charge in [0.25, 0.3) is 0 Å². The summed E-state index contributed by atoms with van der Waals surface area (Å²) in [5, 5.41) is 0.261. The second kappa shape index (κ2) is 4.06. The molecular formula is C12H19N3O2S. The van der Waals surface area contributed by atoms with E-state index >= 15 is 0 Å². The number of hydrogen-bond donors (Lipinski definition) is 1. The van der Waals surface area contributed by atoms with Crippen molar-refractivity contribution in [3.8, 4) is 0 Å². The fourth-order valence-corrected chi connectivity index (χ4v) is 3.96. The molecule has 6 heteroatoms. The summed E-state index contributed by atoms with van der Waals surface area (Å²) >= 11 is 0. The Labute approximate surface area is 107 Å². The van der Waals surface area contributed by atoms with Gasteiger partial charge in [0.2, 0.25) is 15.0 Å². The predicted molar refractivity (Wildman–Crippen MR) is 68.0 cm³/mol. The Hall–Kier alpha value is -0.880. The van der Waals surface area contributed by atoms with Crippen LogP contribution < -0.4 is 5.73 Å². The Balaban J connectivity index is 1.82. The highest BCUT2D eigenvalue weighted by Gasteiger charge is 2.37. The summed E-state index contributed by atoms with van der Waals surface area (Å²) in [4.78, 5) is 4.31. The molecule has 1 saturated carbocycles. The second-order valence-electron chi connectivity index (χ2n) is 5.60. The smallest absolute Gasteiger partial charge is 0.227 e. The Morgan fingerprint density at radius 2 is 2.17 bits per heavy atom. The monoisotopic (exact) mass is 269 g/mol. The average molecular weight is 269 g/mol. The van der Waals surface area contributed by atoms with Gasteiger partial charge in [-0.2, -0.15) is 0 Å². The predicted octanol–water partition coefficient (Wildman–Crippen LogP) is 0.874. The van der Waals surface area contributed by atoms with Crippen LogP contribution in [-0.2, 0) is 22.8 Å². The fraction of sp³-hybridized carbons (Fsp3) is 0.750. The SMILES string of the molecule is NC1(CCc2cn3c(n2)S(=O)(=O)CCCC3)CC1. The van der Waals surface area contributed by atoms with Gasteiger partial charge in [-0.3, -0.25) is 0 Å². The topological polar surface area (TPSA) is 78.0 Å². The maximum Gasteiger partial charge on any atom is 0.227 e. The molecule has 0 spiro atoms. The van der Waals surface area contributed by atoms with Crippen molar-refractivity contribution in [2.45, 2.75) is 55.8 Å². The molecule has 2 aliphatic rings. The number of nitrogens with zero attached hydrogens (tertiary/aromatic N) is 2. The molecule has 0 radical (unpaired) electrons. The van der Waals surface area contributed by atoms with Crippen LogP contribution in [0.2, 0.25) is 0 Å². The van der Waals surface area contributed by atoms with E-state index in [0.29, 0.717) is 0 Å². The van der Waals surface area contributed by atoms with E-state index in [1.54, 1.807) is 4.57 Å². The molecule has 100 valence electrons. The summed E-state index contributed by atoms with van der Waals surface area (Å²) in [5.41, 5.74) is 6.91. The van der Waals surface area contributed by atoms with Crippen LogP contribution in [-0.4, -0.2) is 29.3 Å². The number of hydrogen-bond acceptors (Lipinski definition) is 4. The van der Waals surface area contributed by atoms with Crippen molar-refractivity contribution in [1.29, 1.82) is 0 Å². The molecule has 1 fully saturated rings. The van der Waals surface area contributed by atoms with Gasteiger partial charge in [0.1, 0.15) is 0 Å². The van der Waals surface area contributed by atoms with E-state index in [9.17, 15) is 8.42 Å². The molecule has 3 rings (SSSR count). The summed E-state index contributed by atoms with van der Waals surface area (Å²) < 4.78 is 25.8. The van der Waals surface area contributed by atoms with Crippen molar-refractivity contribution in [3.63, 3.8) is 0 Å². The van der Waals surface area contributed by atoms with Gasteiger partial charge in [0.15, 0.2) is 0 Å². The highest BCUT2D eigenvalue weighted by molar-refractivity contribution is 7.91. The Morgan fingerprint density at radius 1 is 1.39 bits per heavy atom. The summed E-state index contributed by atoms with van der Waals surface area (Å²) in [6, 6.07) is 0. The summed E-state index contributed by atoms with van der Waals surface area (Å²) in [6.45, 7) is 0.759. The third kappa shape index (κ3) is 2.31. The van der Waals surface area contributed by atoms with E-state index in [4.69, 9.17) is 5.73 Å². The van der Waals surface area contributed by atoms with Crippen LogP contribution in [0.15, 0.2) is 11.4 Å². The molecule has 0 bridgehead atoms. The van der Waals surface area contributed by atoms with Crippen molar-refractivity contribution in [3.05, 3.63) is 11.9 Å². The van der Waals surface area contributed by atoms with E-state index in [2.05, 4.69) is 4.98 Å². The highest BCUT2D eigenvalue weighted by atomic mass is 32.2. The number of fused-ring (bicyclic) bond motifs is 1. The van der Waals surface area contributed by atoms with Gasteiger partial charge in [-0.25, -0.2) is 13.4 Å². The zero-order valence-electron chi connectivity index (χ0n) is 10.4. The lowest BCUT2D eigenvalue weighted by Gasteiger charge is -2.05. The molecule has 0 aromatic carbocycles. The van der Waals surface area contributed by atoms with Crippen LogP contribution in [0.4, 0.5) is 0 Å². The molecule has 0 saturated heterocycles. The van der Waals surface area contributed by atoms with E-state index in [1.165, 1.54) is 0 Å². The quantitative estimate of drug-likeness (QED) is 0.883. The third-order valence-corrected chi connectivity index (χ3v) is 5.61. The molecule has 1 aromatic rings. The van der Waals surface area contributed by atoms with Crippen LogP contribution in [0.1, 0.15) is 37.8 Å². The molecule has 0 unspecified atom stereocenters. The Kier molecular flexibility index (Phi) is 2.75. The first-order chi connectivity index (χ1) is 8.49. The van der Waals surface area contributed by atoms with Crippen molar-refractivity contribution in [1.82, 2.24) is 9.55 Å². The highest BCUT2D eigenvalue weighted by Crippen LogP contribution is 2.36. The minimum atomic E-state index is -3.18. The molecule has 1 aliphatic carbocycles. The molecule has 18 heavy (non-hydrogen) atoms. The first-order valence-corrected chi connectivity index (χ1v) is 8.22. The van der Waals surface area contributed by atoms with Crippen molar-refractivity contribution in [2.75, 3.05) is 5.75 Å². The maximum absolute atomic E-state index is 12.0. The van der Waals surface area contributed by atoms with Crippen LogP contribution in [0.3, 0.4) is 0 Å². The molecule has 1 aromatic heterocycles. The van der Waals surface area contributed by atoms with E-state index in [1.807, 2.05) is 6.20 Å². The Bertz CT molecular complexity index is 558. The maximum atomic E-state index is 12.0. The zero-order chi connectivity index (χ0) is 12.8. The number of aromatic nitrogens is 2. The molecular weight excluding hydrogens is 250 g/mol. The van der Waals surface area contributed by atoms with Gasteiger partial charge in [0, 0.05) is 18.3 Å².